The molecule has 1 aliphatic rings. The topological polar surface area (TPSA) is 67.2 Å². The number of nitrogens with zero attached hydrogens (tertiary/aromatic N) is 3. The summed E-state index contributed by atoms with van der Waals surface area (Å²) >= 11 is 0. The summed E-state index contributed by atoms with van der Waals surface area (Å²) in [4.78, 5) is 31.2. The molecule has 0 bridgehead atoms. The van der Waals surface area contributed by atoms with Crippen LogP contribution in [0.3, 0.4) is 0 Å². The zero-order valence-corrected chi connectivity index (χ0v) is 15.5. The van der Waals surface area contributed by atoms with E-state index in [2.05, 4.69) is 22.1 Å². The van der Waals surface area contributed by atoms with Crippen molar-refractivity contribution in [2.24, 2.45) is 5.92 Å². The standard InChI is InChI=1S/C20H28N4O2/c1-16-7-12-23(13-8-16)11-4-10-21-19(25)9-14-24-15-22-18-6-3-2-5-17(18)20(24)26/h2-3,5-6,15-16H,4,7-14H2,1H3,(H,21,25). The number of fused-ring (bicyclic) bond motifs is 1. The number of hydrogen-bond donors (Lipinski definition) is 1. The van der Waals surface area contributed by atoms with E-state index in [-0.39, 0.29) is 11.5 Å². The molecule has 26 heavy (non-hydrogen) atoms. The summed E-state index contributed by atoms with van der Waals surface area (Å²) in [6.45, 7) is 6.75. The predicted octanol–water partition coefficient (Wildman–Crippen LogP) is 2.02. The third-order valence-electron chi connectivity index (χ3n) is 5.16. The quantitative estimate of drug-likeness (QED) is 0.771. The summed E-state index contributed by atoms with van der Waals surface area (Å²) in [5.74, 6) is 0.830. The van der Waals surface area contributed by atoms with E-state index in [1.54, 1.807) is 6.07 Å². The molecule has 6 heteroatoms. The van der Waals surface area contributed by atoms with E-state index in [0.717, 1.165) is 18.9 Å². The highest BCUT2D eigenvalue weighted by atomic mass is 16.1. The van der Waals surface area contributed by atoms with Crippen molar-refractivity contribution in [1.82, 2.24) is 19.8 Å². The number of carbonyl (C=O) groups excluding carboxylic acids is 1. The Morgan fingerprint density at radius 2 is 2.00 bits per heavy atom. The molecule has 0 atom stereocenters. The number of amides is 1. The minimum Gasteiger partial charge on any atom is -0.356 e. The number of para-hydroxylation sites is 1. The first kappa shape index (κ1) is 18.6. The molecule has 0 saturated carbocycles. The van der Waals surface area contributed by atoms with Crippen molar-refractivity contribution >= 4 is 16.8 Å². The molecule has 1 aromatic heterocycles. The second-order valence-corrected chi connectivity index (χ2v) is 7.24. The van der Waals surface area contributed by atoms with Crippen LogP contribution in [0.2, 0.25) is 0 Å². The zero-order chi connectivity index (χ0) is 18.4. The first-order chi connectivity index (χ1) is 12.6. The van der Waals surface area contributed by atoms with Gasteiger partial charge in [0.05, 0.1) is 17.2 Å². The van der Waals surface area contributed by atoms with Gasteiger partial charge in [0.25, 0.3) is 5.56 Å². The minimum absolute atomic E-state index is 0.0164. The highest BCUT2D eigenvalue weighted by Crippen LogP contribution is 2.15. The third kappa shape index (κ3) is 4.91. The maximum absolute atomic E-state index is 12.4. The van der Waals surface area contributed by atoms with Gasteiger partial charge in [0.1, 0.15) is 0 Å². The van der Waals surface area contributed by atoms with Gasteiger partial charge < -0.3 is 10.2 Å². The monoisotopic (exact) mass is 356 g/mol. The lowest BCUT2D eigenvalue weighted by molar-refractivity contribution is -0.121. The third-order valence-corrected chi connectivity index (χ3v) is 5.16. The second-order valence-electron chi connectivity index (χ2n) is 7.24. The van der Waals surface area contributed by atoms with Crippen molar-refractivity contribution in [2.75, 3.05) is 26.2 Å². The van der Waals surface area contributed by atoms with Gasteiger partial charge in [0, 0.05) is 19.5 Å². The van der Waals surface area contributed by atoms with Crippen molar-refractivity contribution < 1.29 is 4.79 Å². The fourth-order valence-electron chi connectivity index (χ4n) is 3.39. The second kappa shape index (κ2) is 8.94. The zero-order valence-electron chi connectivity index (χ0n) is 15.5. The van der Waals surface area contributed by atoms with Crippen LogP contribution in [0, 0.1) is 5.92 Å². The maximum atomic E-state index is 12.4. The number of rotatable bonds is 7. The van der Waals surface area contributed by atoms with E-state index >= 15 is 0 Å². The Bertz CT molecular complexity index is 794. The molecular weight excluding hydrogens is 328 g/mol. The number of nitrogens with one attached hydrogen (secondary N) is 1. The lowest BCUT2D eigenvalue weighted by Gasteiger charge is -2.30. The average Bonchev–Trinajstić information content (AvgIpc) is 2.66. The summed E-state index contributed by atoms with van der Waals surface area (Å²) in [6.07, 6.45) is 5.34. The van der Waals surface area contributed by atoms with Crippen LogP contribution >= 0.6 is 0 Å². The number of likely N-dealkylation sites (tertiary alicyclic amines) is 1. The summed E-state index contributed by atoms with van der Waals surface area (Å²) < 4.78 is 1.51. The first-order valence-corrected chi connectivity index (χ1v) is 9.57. The number of aromatic nitrogens is 2. The Balaban J connectivity index is 1.39. The summed E-state index contributed by atoms with van der Waals surface area (Å²) in [5.41, 5.74) is 0.591. The van der Waals surface area contributed by atoms with E-state index < -0.39 is 0 Å². The molecule has 3 rings (SSSR count). The Labute approximate surface area is 154 Å². The normalized spacial score (nSPS) is 16.0. The van der Waals surface area contributed by atoms with Crippen LogP contribution < -0.4 is 10.9 Å². The van der Waals surface area contributed by atoms with Gasteiger partial charge >= 0.3 is 0 Å². The van der Waals surface area contributed by atoms with Gasteiger partial charge in [0.15, 0.2) is 0 Å². The molecule has 0 radical (unpaired) electrons. The number of hydrogen-bond acceptors (Lipinski definition) is 4. The van der Waals surface area contributed by atoms with E-state index in [1.807, 2.05) is 18.2 Å². The number of aryl methyl sites for hydroxylation is 1. The average molecular weight is 356 g/mol. The highest BCUT2D eigenvalue weighted by Gasteiger charge is 2.14. The molecule has 1 fully saturated rings. The van der Waals surface area contributed by atoms with Gasteiger partial charge in [0.2, 0.25) is 5.91 Å². The number of piperidine rings is 1. The molecule has 0 spiro atoms. The molecular formula is C20H28N4O2. The first-order valence-electron chi connectivity index (χ1n) is 9.57. The Kier molecular flexibility index (Phi) is 6.39. The van der Waals surface area contributed by atoms with Gasteiger partial charge in [-0.15, -0.1) is 0 Å². The van der Waals surface area contributed by atoms with Crippen LogP contribution in [-0.4, -0.2) is 46.5 Å². The highest BCUT2D eigenvalue weighted by molar-refractivity contribution is 5.77. The molecule has 6 nitrogen and oxygen atoms in total. The molecule has 1 aromatic carbocycles. The summed E-state index contributed by atoms with van der Waals surface area (Å²) in [6, 6.07) is 7.27. The Morgan fingerprint density at radius 3 is 2.81 bits per heavy atom. The van der Waals surface area contributed by atoms with E-state index in [9.17, 15) is 9.59 Å². The van der Waals surface area contributed by atoms with Crippen molar-refractivity contribution in [3.63, 3.8) is 0 Å². The lowest BCUT2D eigenvalue weighted by atomic mass is 9.99. The number of benzene rings is 1. The van der Waals surface area contributed by atoms with Gasteiger partial charge in [-0.1, -0.05) is 19.1 Å². The molecule has 1 N–H and O–H groups in total. The van der Waals surface area contributed by atoms with Crippen LogP contribution in [-0.2, 0) is 11.3 Å². The van der Waals surface area contributed by atoms with Gasteiger partial charge in [-0.05, 0) is 56.9 Å². The van der Waals surface area contributed by atoms with Crippen LogP contribution in [0.25, 0.3) is 10.9 Å². The Hall–Kier alpha value is -2.21. The van der Waals surface area contributed by atoms with Crippen LogP contribution in [0.5, 0.6) is 0 Å². The molecule has 2 heterocycles. The summed E-state index contributed by atoms with van der Waals surface area (Å²) in [7, 11) is 0. The molecule has 0 unspecified atom stereocenters. The fraction of sp³-hybridized carbons (Fsp3) is 0.550. The largest absolute Gasteiger partial charge is 0.356 e. The van der Waals surface area contributed by atoms with Crippen molar-refractivity contribution in [1.29, 1.82) is 0 Å². The SMILES string of the molecule is CC1CCN(CCCNC(=O)CCn2cnc3ccccc3c2=O)CC1. The van der Waals surface area contributed by atoms with Crippen LogP contribution in [0.15, 0.2) is 35.4 Å². The van der Waals surface area contributed by atoms with Crippen molar-refractivity contribution in [2.45, 2.75) is 39.2 Å². The van der Waals surface area contributed by atoms with Gasteiger partial charge in [-0.25, -0.2) is 4.98 Å². The predicted molar refractivity (Wildman–Crippen MR) is 103 cm³/mol. The lowest BCUT2D eigenvalue weighted by Crippen LogP contribution is -2.35. The Morgan fingerprint density at radius 1 is 1.23 bits per heavy atom. The summed E-state index contributed by atoms with van der Waals surface area (Å²) in [5, 5.41) is 3.55. The maximum Gasteiger partial charge on any atom is 0.261 e. The fourth-order valence-corrected chi connectivity index (χ4v) is 3.39. The van der Waals surface area contributed by atoms with Gasteiger partial charge in [-0.2, -0.15) is 0 Å². The van der Waals surface area contributed by atoms with E-state index in [4.69, 9.17) is 0 Å². The molecule has 1 aliphatic heterocycles. The smallest absolute Gasteiger partial charge is 0.261 e. The molecule has 2 aromatic rings. The van der Waals surface area contributed by atoms with E-state index in [0.29, 0.717) is 30.4 Å². The minimum atomic E-state index is -0.0947. The molecule has 1 amide bonds. The van der Waals surface area contributed by atoms with Crippen molar-refractivity contribution in [3.05, 3.63) is 40.9 Å². The molecule has 1 saturated heterocycles. The molecule has 0 aliphatic carbocycles. The van der Waals surface area contributed by atoms with Gasteiger partial charge in [-0.3, -0.25) is 14.2 Å². The van der Waals surface area contributed by atoms with Crippen LogP contribution in [0.4, 0.5) is 0 Å². The van der Waals surface area contributed by atoms with E-state index in [1.165, 1.54) is 36.8 Å². The molecule has 140 valence electrons. The van der Waals surface area contributed by atoms with Crippen molar-refractivity contribution in [3.8, 4) is 0 Å². The van der Waals surface area contributed by atoms with Crippen LogP contribution in [0.1, 0.15) is 32.6 Å². The number of carbonyl (C=O) groups is 1.